The lowest BCUT2D eigenvalue weighted by Crippen LogP contribution is -2.29. The number of hydrogen-bond donors (Lipinski definition) is 0. The second-order valence-electron chi connectivity index (χ2n) is 3.64. The maximum Gasteiger partial charge on any atom is 0.119 e. The van der Waals surface area contributed by atoms with Crippen LogP contribution in [0.5, 0.6) is 5.75 Å². The van der Waals surface area contributed by atoms with E-state index in [4.69, 9.17) is 4.74 Å². The maximum absolute atomic E-state index is 5.66. The molecule has 0 aromatic heterocycles. The molecule has 0 bridgehead atoms. The third-order valence-corrected chi connectivity index (χ3v) is 3.04. The maximum atomic E-state index is 5.66. The Balaban J connectivity index is 2.18. The molecular formula is C13H20BrNO. The molecule has 0 amide bonds. The summed E-state index contributed by atoms with van der Waals surface area (Å²) in [6.45, 7) is 6.18. The monoisotopic (exact) mass is 285 g/mol. The van der Waals surface area contributed by atoms with Gasteiger partial charge in [-0.25, -0.2) is 0 Å². The Morgan fingerprint density at radius 3 is 2.56 bits per heavy atom. The van der Waals surface area contributed by atoms with Crippen LogP contribution in [0.2, 0.25) is 0 Å². The molecule has 0 atom stereocenters. The molecule has 1 aromatic rings. The number of nitrogens with zero attached hydrogens (tertiary/aromatic N) is 1. The van der Waals surface area contributed by atoms with Gasteiger partial charge in [0, 0.05) is 11.9 Å². The molecule has 0 radical (unpaired) electrons. The molecule has 16 heavy (non-hydrogen) atoms. The quantitative estimate of drug-likeness (QED) is 0.681. The predicted octanol–water partition coefficient (Wildman–Crippen LogP) is 3.17. The highest BCUT2D eigenvalue weighted by Gasteiger charge is 2.01. The summed E-state index contributed by atoms with van der Waals surface area (Å²) in [6.07, 6.45) is 1.19. The van der Waals surface area contributed by atoms with Crippen molar-refractivity contribution in [2.45, 2.75) is 13.3 Å². The van der Waals surface area contributed by atoms with Crippen molar-refractivity contribution in [2.75, 3.05) is 31.6 Å². The molecule has 2 nitrogen and oxygen atoms in total. The number of hydrogen-bond acceptors (Lipinski definition) is 2. The minimum atomic E-state index is 0.764. The van der Waals surface area contributed by atoms with Crippen molar-refractivity contribution < 1.29 is 4.74 Å². The highest BCUT2D eigenvalue weighted by molar-refractivity contribution is 9.09. The van der Waals surface area contributed by atoms with E-state index in [2.05, 4.69) is 27.8 Å². The third-order valence-electron chi connectivity index (χ3n) is 2.47. The smallest absolute Gasteiger partial charge is 0.119 e. The Bertz CT molecular complexity index is 266. The van der Waals surface area contributed by atoms with Crippen LogP contribution in [0.25, 0.3) is 0 Å². The molecule has 0 heterocycles. The second kappa shape index (κ2) is 8.59. The number of likely N-dealkylation sites (N-methyl/N-ethyl adjacent to an activating group) is 1. The SMILES string of the molecule is CCN(CCCBr)CCOc1ccccc1. The summed E-state index contributed by atoms with van der Waals surface area (Å²) in [4.78, 5) is 2.41. The number of halogens is 1. The number of alkyl halides is 1. The zero-order chi connectivity index (χ0) is 11.6. The van der Waals surface area contributed by atoms with Gasteiger partial charge in [0.2, 0.25) is 0 Å². The fourth-order valence-corrected chi connectivity index (χ4v) is 1.77. The summed E-state index contributed by atoms with van der Waals surface area (Å²) in [7, 11) is 0. The van der Waals surface area contributed by atoms with Crippen molar-refractivity contribution in [3.05, 3.63) is 30.3 Å². The Morgan fingerprint density at radius 2 is 1.94 bits per heavy atom. The van der Waals surface area contributed by atoms with Gasteiger partial charge in [-0.15, -0.1) is 0 Å². The van der Waals surface area contributed by atoms with Crippen molar-refractivity contribution in [3.63, 3.8) is 0 Å². The first-order valence-electron chi connectivity index (χ1n) is 5.83. The van der Waals surface area contributed by atoms with Crippen LogP contribution in [0, 0.1) is 0 Å². The lowest BCUT2D eigenvalue weighted by atomic mass is 10.3. The molecular weight excluding hydrogens is 266 g/mol. The zero-order valence-electron chi connectivity index (χ0n) is 9.86. The molecule has 3 heteroatoms. The van der Waals surface area contributed by atoms with Gasteiger partial charge >= 0.3 is 0 Å². The topological polar surface area (TPSA) is 12.5 Å². The van der Waals surface area contributed by atoms with Crippen molar-refractivity contribution in [1.29, 1.82) is 0 Å². The number of rotatable bonds is 8. The fourth-order valence-electron chi connectivity index (χ4n) is 1.52. The highest BCUT2D eigenvalue weighted by atomic mass is 79.9. The van der Waals surface area contributed by atoms with E-state index in [1.807, 2.05) is 30.3 Å². The van der Waals surface area contributed by atoms with Crippen LogP contribution in [0.4, 0.5) is 0 Å². The van der Waals surface area contributed by atoms with E-state index in [-0.39, 0.29) is 0 Å². The van der Waals surface area contributed by atoms with Crippen molar-refractivity contribution >= 4 is 15.9 Å². The summed E-state index contributed by atoms with van der Waals surface area (Å²) in [5.74, 6) is 0.957. The summed E-state index contributed by atoms with van der Waals surface area (Å²) >= 11 is 3.45. The lowest BCUT2D eigenvalue weighted by Gasteiger charge is -2.19. The lowest BCUT2D eigenvalue weighted by molar-refractivity contribution is 0.216. The summed E-state index contributed by atoms with van der Waals surface area (Å²) in [5, 5.41) is 1.07. The first-order valence-corrected chi connectivity index (χ1v) is 6.95. The average molecular weight is 286 g/mol. The van der Waals surface area contributed by atoms with Crippen molar-refractivity contribution in [3.8, 4) is 5.75 Å². The van der Waals surface area contributed by atoms with Gasteiger partial charge in [-0.2, -0.15) is 0 Å². The largest absolute Gasteiger partial charge is 0.492 e. The second-order valence-corrected chi connectivity index (χ2v) is 4.43. The van der Waals surface area contributed by atoms with E-state index in [1.54, 1.807) is 0 Å². The molecule has 1 rings (SSSR count). The van der Waals surface area contributed by atoms with Gasteiger partial charge in [0.1, 0.15) is 12.4 Å². The average Bonchev–Trinajstić information content (AvgIpc) is 2.35. The van der Waals surface area contributed by atoms with E-state index < -0.39 is 0 Å². The number of ether oxygens (including phenoxy) is 1. The fraction of sp³-hybridized carbons (Fsp3) is 0.538. The van der Waals surface area contributed by atoms with Gasteiger partial charge in [-0.1, -0.05) is 41.1 Å². The van der Waals surface area contributed by atoms with Crippen LogP contribution >= 0.6 is 15.9 Å². The first kappa shape index (κ1) is 13.5. The van der Waals surface area contributed by atoms with Crippen molar-refractivity contribution in [1.82, 2.24) is 4.90 Å². The van der Waals surface area contributed by atoms with Crippen LogP contribution in [0.3, 0.4) is 0 Å². The van der Waals surface area contributed by atoms with Crippen LogP contribution < -0.4 is 4.74 Å². The Kier molecular flexibility index (Phi) is 7.26. The van der Waals surface area contributed by atoms with Crippen LogP contribution in [-0.4, -0.2) is 36.5 Å². The predicted molar refractivity (Wildman–Crippen MR) is 72.5 cm³/mol. The minimum absolute atomic E-state index is 0.764. The van der Waals surface area contributed by atoms with E-state index in [0.29, 0.717) is 0 Å². The van der Waals surface area contributed by atoms with Gasteiger partial charge < -0.3 is 9.64 Å². The first-order chi connectivity index (χ1) is 7.86. The van der Waals surface area contributed by atoms with Gasteiger partial charge in [0.05, 0.1) is 0 Å². The van der Waals surface area contributed by atoms with Crippen LogP contribution in [0.1, 0.15) is 13.3 Å². The van der Waals surface area contributed by atoms with E-state index in [1.165, 1.54) is 6.42 Å². The molecule has 1 aromatic carbocycles. The summed E-state index contributed by atoms with van der Waals surface area (Å²) < 4.78 is 5.66. The molecule has 0 N–H and O–H groups in total. The Hall–Kier alpha value is -0.540. The molecule has 90 valence electrons. The molecule has 0 spiro atoms. The molecule has 0 aliphatic rings. The molecule has 0 saturated carbocycles. The van der Waals surface area contributed by atoms with Crippen molar-refractivity contribution in [2.24, 2.45) is 0 Å². The van der Waals surface area contributed by atoms with Crippen LogP contribution in [-0.2, 0) is 0 Å². The van der Waals surface area contributed by atoms with Gasteiger partial charge in [0.15, 0.2) is 0 Å². The zero-order valence-corrected chi connectivity index (χ0v) is 11.4. The summed E-state index contributed by atoms with van der Waals surface area (Å²) in [5.41, 5.74) is 0. The molecule has 0 unspecified atom stereocenters. The molecule has 0 fully saturated rings. The Morgan fingerprint density at radius 1 is 1.19 bits per heavy atom. The third kappa shape index (κ3) is 5.52. The molecule has 0 aliphatic heterocycles. The highest BCUT2D eigenvalue weighted by Crippen LogP contribution is 2.08. The van der Waals surface area contributed by atoms with E-state index in [0.717, 1.165) is 37.3 Å². The molecule has 0 saturated heterocycles. The summed E-state index contributed by atoms with van der Waals surface area (Å²) in [6, 6.07) is 9.99. The Labute approximate surface area is 107 Å². The standard InChI is InChI=1S/C13H20BrNO/c1-2-15(10-6-9-14)11-12-16-13-7-4-3-5-8-13/h3-5,7-8H,2,6,9-12H2,1H3. The number of benzene rings is 1. The van der Waals surface area contributed by atoms with Gasteiger partial charge in [-0.3, -0.25) is 0 Å². The van der Waals surface area contributed by atoms with E-state index >= 15 is 0 Å². The normalized spacial score (nSPS) is 10.7. The van der Waals surface area contributed by atoms with Gasteiger partial charge in [0.25, 0.3) is 0 Å². The van der Waals surface area contributed by atoms with E-state index in [9.17, 15) is 0 Å². The minimum Gasteiger partial charge on any atom is -0.492 e. The van der Waals surface area contributed by atoms with Gasteiger partial charge in [-0.05, 0) is 31.6 Å². The number of para-hydroxylation sites is 1. The van der Waals surface area contributed by atoms with Crippen LogP contribution in [0.15, 0.2) is 30.3 Å². The molecule has 0 aliphatic carbocycles.